The van der Waals surface area contributed by atoms with E-state index >= 15 is 0 Å². The zero-order chi connectivity index (χ0) is 9.73. The highest BCUT2D eigenvalue weighted by atomic mass is 16.5. The molecule has 0 aromatic heterocycles. The minimum Gasteiger partial charge on any atom is -0.376 e. The average Bonchev–Trinajstić information content (AvgIpc) is 2.48. The number of hydrogen-bond acceptors (Lipinski definition) is 1. The second-order valence-electron chi connectivity index (χ2n) is 4.48. The first-order chi connectivity index (χ1) is 6.08. The van der Waals surface area contributed by atoms with E-state index in [2.05, 4.69) is 39.0 Å². The van der Waals surface area contributed by atoms with Crippen LogP contribution in [0.1, 0.15) is 40.0 Å². The largest absolute Gasteiger partial charge is 0.376 e. The molecule has 0 aromatic rings. The van der Waals surface area contributed by atoms with Crippen LogP contribution in [0.3, 0.4) is 0 Å². The molecule has 0 atom stereocenters. The second kappa shape index (κ2) is 4.61. The van der Waals surface area contributed by atoms with E-state index in [0.29, 0.717) is 0 Å². The van der Waals surface area contributed by atoms with Crippen molar-refractivity contribution in [3.63, 3.8) is 0 Å². The van der Waals surface area contributed by atoms with Gasteiger partial charge < -0.3 is 4.74 Å². The van der Waals surface area contributed by atoms with Gasteiger partial charge >= 0.3 is 0 Å². The summed E-state index contributed by atoms with van der Waals surface area (Å²) in [6.45, 7) is 7.17. The van der Waals surface area contributed by atoms with Crippen LogP contribution in [0.25, 0.3) is 0 Å². The van der Waals surface area contributed by atoms with Gasteiger partial charge in [0.05, 0.1) is 5.60 Å². The normalized spacial score (nSPS) is 16.4. The van der Waals surface area contributed by atoms with Gasteiger partial charge in [-0.1, -0.05) is 23.8 Å². The molecule has 0 heterocycles. The Morgan fingerprint density at radius 1 is 1.38 bits per heavy atom. The average molecular weight is 180 g/mol. The first-order valence-electron chi connectivity index (χ1n) is 5.07. The van der Waals surface area contributed by atoms with Crippen molar-refractivity contribution in [1.82, 2.24) is 0 Å². The number of ether oxygens (including phenoxy) is 1. The molecule has 0 aromatic carbocycles. The molecule has 0 radical (unpaired) electrons. The van der Waals surface area contributed by atoms with Crippen molar-refractivity contribution >= 4 is 0 Å². The van der Waals surface area contributed by atoms with Crippen LogP contribution in [-0.2, 0) is 4.74 Å². The van der Waals surface area contributed by atoms with Gasteiger partial charge in [0.2, 0.25) is 0 Å². The maximum atomic E-state index is 5.64. The Morgan fingerprint density at radius 3 is 2.69 bits per heavy atom. The highest BCUT2D eigenvalue weighted by molar-refractivity contribution is 5.25. The standard InChI is InChI=1S/C12H20O/c1-12(2,3)13-10-6-9-11-7-4-5-8-11/h4,7-8H,5-6,9-10H2,1-3H3. The molecule has 0 fully saturated rings. The van der Waals surface area contributed by atoms with E-state index in [1.54, 1.807) is 0 Å². The van der Waals surface area contributed by atoms with Gasteiger partial charge in [0.1, 0.15) is 0 Å². The van der Waals surface area contributed by atoms with Crippen molar-refractivity contribution in [3.8, 4) is 0 Å². The van der Waals surface area contributed by atoms with Crippen LogP contribution < -0.4 is 0 Å². The van der Waals surface area contributed by atoms with Crippen molar-refractivity contribution in [3.05, 3.63) is 23.8 Å². The van der Waals surface area contributed by atoms with Crippen LogP contribution in [0.4, 0.5) is 0 Å². The van der Waals surface area contributed by atoms with Crippen molar-refractivity contribution in [1.29, 1.82) is 0 Å². The molecule has 1 nitrogen and oxygen atoms in total. The summed E-state index contributed by atoms with van der Waals surface area (Å²) in [7, 11) is 0. The highest BCUT2D eigenvalue weighted by Gasteiger charge is 2.09. The fourth-order valence-corrected chi connectivity index (χ4v) is 1.35. The molecule has 13 heavy (non-hydrogen) atoms. The zero-order valence-corrected chi connectivity index (χ0v) is 8.97. The van der Waals surface area contributed by atoms with Gasteiger partial charge in [0.25, 0.3) is 0 Å². The van der Waals surface area contributed by atoms with Crippen LogP contribution in [0, 0.1) is 0 Å². The van der Waals surface area contributed by atoms with Crippen molar-refractivity contribution in [2.45, 2.75) is 45.6 Å². The van der Waals surface area contributed by atoms with Crippen LogP contribution in [0.5, 0.6) is 0 Å². The molecular weight excluding hydrogens is 160 g/mol. The van der Waals surface area contributed by atoms with Gasteiger partial charge in [-0.05, 0) is 40.0 Å². The van der Waals surface area contributed by atoms with Crippen molar-refractivity contribution < 1.29 is 4.74 Å². The van der Waals surface area contributed by atoms with Gasteiger partial charge in [-0.25, -0.2) is 0 Å². The van der Waals surface area contributed by atoms with E-state index in [4.69, 9.17) is 4.74 Å². The summed E-state index contributed by atoms with van der Waals surface area (Å²) in [4.78, 5) is 0. The summed E-state index contributed by atoms with van der Waals surface area (Å²) in [5.74, 6) is 0. The Hall–Kier alpha value is -0.560. The molecule has 0 spiro atoms. The van der Waals surface area contributed by atoms with Gasteiger partial charge in [-0.3, -0.25) is 0 Å². The summed E-state index contributed by atoms with van der Waals surface area (Å²) in [5.41, 5.74) is 1.48. The Kier molecular flexibility index (Phi) is 3.73. The fraction of sp³-hybridized carbons (Fsp3) is 0.667. The van der Waals surface area contributed by atoms with Gasteiger partial charge in [0, 0.05) is 6.61 Å². The lowest BCUT2D eigenvalue weighted by molar-refractivity contribution is -0.00377. The predicted octanol–water partition coefficient (Wildman–Crippen LogP) is 3.47. The van der Waals surface area contributed by atoms with Gasteiger partial charge in [-0.15, -0.1) is 0 Å². The molecule has 0 bridgehead atoms. The number of rotatable bonds is 4. The first kappa shape index (κ1) is 10.5. The van der Waals surface area contributed by atoms with Crippen LogP contribution >= 0.6 is 0 Å². The summed E-state index contributed by atoms with van der Waals surface area (Å²) in [6.07, 6.45) is 10.1. The lowest BCUT2D eigenvalue weighted by atomic mass is 10.1. The van der Waals surface area contributed by atoms with Crippen molar-refractivity contribution in [2.75, 3.05) is 6.61 Å². The molecule has 1 heteroatoms. The smallest absolute Gasteiger partial charge is 0.0598 e. The number of hydrogen-bond donors (Lipinski definition) is 0. The van der Waals surface area contributed by atoms with Gasteiger partial charge in [-0.2, -0.15) is 0 Å². The highest BCUT2D eigenvalue weighted by Crippen LogP contribution is 2.15. The third kappa shape index (κ3) is 4.89. The molecule has 0 unspecified atom stereocenters. The van der Waals surface area contributed by atoms with Crippen LogP contribution in [0.2, 0.25) is 0 Å². The predicted molar refractivity (Wildman–Crippen MR) is 56.8 cm³/mol. The summed E-state index contributed by atoms with van der Waals surface area (Å²) in [6, 6.07) is 0. The molecule has 1 aliphatic rings. The molecule has 0 N–H and O–H groups in total. The fourth-order valence-electron chi connectivity index (χ4n) is 1.35. The second-order valence-corrected chi connectivity index (χ2v) is 4.48. The van der Waals surface area contributed by atoms with Crippen LogP contribution in [-0.4, -0.2) is 12.2 Å². The topological polar surface area (TPSA) is 9.23 Å². The Labute approximate surface area is 81.5 Å². The maximum absolute atomic E-state index is 5.64. The van der Waals surface area contributed by atoms with Crippen molar-refractivity contribution in [2.24, 2.45) is 0 Å². The SMILES string of the molecule is CC(C)(C)OCCCC1=CCC=C1. The molecule has 0 amide bonds. The first-order valence-corrected chi connectivity index (χ1v) is 5.07. The molecule has 0 aliphatic heterocycles. The maximum Gasteiger partial charge on any atom is 0.0598 e. The van der Waals surface area contributed by atoms with Gasteiger partial charge in [0.15, 0.2) is 0 Å². The molecule has 1 aliphatic carbocycles. The Bertz CT molecular complexity index is 206. The number of allylic oxidation sites excluding steroid dienone is 4. The lowest BCUT2D eigenvalue weighted by Gasteiger charge is -2.19. The Morgan fingerprint density at radius 2 is 2.15 bits per heavy atom. The third-order valence-electron chi connectivity index (χ3n) is 1.99. The molecule has 74 valence electrons. The van der Waals surface area contributed by atoms with E-state index in [0.717, 1.165) is 25.9 Å². The summed E-state index contributed by atoms with van der Waals surface area (Å²) < 4.78 is 5.64. The lowest BCUT2D eigenvalue weighted by Crippen LogP contribution is -2.19. The monoisotopic (exact) mass is 180 g/mol. The zero-order valence-electron chi connectivity index (χ0n) is 8.97. The van der Waals surface area contributed by atoms with E-state index in [1.807, 2.05) is 0 Å². The molecule has 1 rings (SSSR count). The van der Waals surface area contributed by atoms with E-state index in [-0.39, 0.29) is 5.60 Å². The third-order valence-corrected chi connectivity index (χ3v) is 1.99. The molecule has 0 saturated heterocycles. The quantitative estimate of drug-likeness (QED) is 0.602. The summed E-state index contributed by atoms with van der Waals surface area (Å²) in [5, 5.41) is 0. The van der Waals surface area contributed by atoms with E-state index in [1.165, 1.54) is 5.57 Å². The van der Waals surface area contributed by atoms with E-state index < -0.39 is 0 Å². The van der Waals surface area contributed by atoms with E-state index in [9.17, 15) is 0 Å². The minimum absolute atomic E-state index is 0.0138. The molecule has 0 saturated carbocycles. The summed E-state index contributed by atoms with van der Waals surface area (Å²) >= 11 is 0. The Balaban J connectivity index is 2.04. The molecular formula is C12H20O. The van der Waals surface area contributed by atoms with Crippen LogP contribution in [0.15, 0.2) is 23.8 Å². The minimum atomic E-state index is 0.0138.